The molecule has 2 unspecified atom stereocenters. The summed E-state index contributed by atoms with van der Waals surface area (Å²) in [5.74, 6) is 1.01. The molecule has 160 valence electrons. The van der Waals surface area contributed by atoms with E-state index in [0.29, 0.717) is 30.6 Å². The Balaban J connectivity index is 1.43. The van der Waals surface area contributed by atoms with E-state index in [2.05, 4.69) is 22.4 Å². The monoisotopic (exact) mass is 419 g/mol. The average Bonchev–Trinajstić information content (AvgIpc) is 3.15. The predicted molar refractivity (Wildman–Crippen MR) is 118 cm³/mol. The van der Waals surface area contributed by atoms with Crippen molar-refractivity contribution in [2.24, 2.45) is 0 Å². The number of amides is 1. The van der Waals surface area contributed by atoms with Crippen LogP contribution in [-0.2, 0) is 4.79 Å². The van der Waals surface area contributed by atoms with Crippen LogP contribution in [0.25, 0.3) is 0 Å². The van der Waals surface area contributed by atoms with Crippen LogP contribution in [0.5, 0.6) is 5.75 Å². The Morgan fingerprint density at radius 1 is 1.14 bits per heavy atom. The summed E-state index contributed by atoms with van der Waals surface area (Å²) in [5.41, 5.74) is 0.703. The molecule has 0 saturated carbocycles. The zero-order chi connectivity index (χ0) is 20.8. The van der Waals surface area contributed by atoms with Gasteiger partial charge in [0.15, 0.2) is 5.78 Å². The Morgan fingerprint density at radius 2 is 1.83 bits per heavy atom. The maximum absolute atomic E-state index is 12.8. The number of hydrogen-bond donors (Lipinski definition) is 1. The second kappa shape index (κ2) is 10.5. The van der Waals surface area contributed by atoms with Gasteiger partial charge in [0.25, 0.3) is 0 Å². The summed E-state index contributed by atoms with van der Waals surface area (Å²) in [4.78, 5) is 30.7. The van der Waals surface area contributed by atoms with Gasteiger partial charge in [0, 0.05) is 45.2 Å². The molecule has 2 fully saturated rings. The third-order valence-electron chi connectivity index (χ3n) is 6.01. The average molecular weight is 420 g/mol. The van der Waals surface area contributed by atoms with Crippen LogP contribution in [-0.4, -0.2) is 83.7 Å². The first-order valence-electron chi connectivity index (χ1n) is 10.6. The van der Waals surface area contributed by atoms with Gasteiger partial charge in [0.2, 0.25) is 5.91 Å². The molecule has 0 bridgehead atoms. The summed E-state index contributed by atoms with van der Waals surface area (Å²) in [6.45, 7) is 9.19. The van der Waals surface area contributed by atoms with Crippen molar-refractivity contribution in [3.63, 3.8) is 0 Å². The molecular weight excluding hydrogens is 386 g/mol. The van der Waals surface area contributed by atoms with Gasteiger partial charge in [-0.3, -0.25) is 19.4 Å². The van der Waals surface area contributed by atoms with Crippen molar-refractivity contribution in [3.8, 4) is 5.75 Å². The highest BCUT2D eigenvalue weighted by Crippen LogP contribution is 2.20. The molecular formula is C22H33N3O3S. The lowest BCUT2D eigenvalue weighted by molar-refractivity contribution is -0.130. The Labute approximate surface area is 179 Å². The minimum absolute atomic E-state index is 0.102. The number of ketones is 1. The van der Waals surface area contributed by atoms with Crippen LogP contribution >= 0.6 is 12.6 Å². The van der Waals surface area contributed by atoms with Gasteiger partial charge in [0.05, 0.1) is 18.0 Å². The van der Waals surface area contributed by atoms with E-state index in [9.17, 15) is 9.59 Å². The van der Waals surface area contributed by atoms with Crippen molar-refractivity contribution in [1.29, 1.82) is 0 Å². The zero-order valence-electron chi connectivity index (χ0n) is 17.5. The second-order valence-corrected chi connectivity index (χ2v) is 8.56. The summed E-state index contributed by atoms with van der Waals surface area (Å²) in [5, 5.41) is 0.396. The van der Waals surface area contributed by atoms with Crippen molar-refractivity contribution in [2.75, 3.05) is 45.9 Å². The largest absolute Gasteiger partial charge is 0.494 e. The molecule has 3 rings (SSSR count). The van der Waals surface area contributed by atoms with Crippen molar-refractivity contribution >= 4 is 24.3 Å². The van der Waals surface area contributed by atoms with Gasteiger partial charge >= 0.3 is 0 Å². The standard InChI is InChI=1S/C22H33N3O3S/c1-17(23-12-14-24(15-13-23)18(2)26)22(27)19-6-8-20(9-7-19)28-16-4-11-25-10-3-5-21(25)29/h6-9,17,21,29H,3-5,10-16H2,1-2H3. The first-order valence-corrected chi connectivity index (χ1v) is 11.2. The Bertz CT molecular complexity index is 689. The van der Waals surface area contributed by atoms with E-state index in [4.69, 9.17) is 4.74 Å². The lowest BCUT2D eigenvalue weighted by Crippen LogP contribution is -2.52. The maximum Gasteiger partial charge on any atom is 0.219 e. The van der Waals surface area contributed by atoms with Crippen molar-refractivity contribution in [2.45, 2.75) is 44.5 Å². The molecule has 2 aliphatic rings. The highest BCUT2D eigenvalue weighted by molar-refractivity contribution is 7.80. The number of nitrogens with zero attached hydrogens (tertiary/aromatic N) is 3. The highest BCUT2D eigenvalue weighted by atomic mass is 32.1. The molecule has 29 heavy (non-hydrogen) atoms. The van der Waals surface area contributed by atoms with Crippen LogP contribution in [0, 0.1) is 0 Å². The van der Waals surface area contributed by atoms with Crippen LogP contribution in [0.2, 0.25) is 0 Å². The van der Waals surface area contributed by atoms with Gasteiger partial charge in [-0.05, 0) is 57.0 Å². The number of Topliss-reactive ketones (excluding diaryl/α,β-unsaturated/α-hetero) is 1. The topological polar surface area (TPSA) is 53.1 Å². The summed E-state index contributed by atoms with van der Waals surface area (Å²) in [6.07, 6.45) is 3.38. The van der Waals surface area contributed by atoms with E-state index in [0.717, 1.165) is 38.3 Å². The van der Waals surface area contributed by atoms with Crippen molar-refractivity contribution in [1.82, 2.24) is 14.7 Å². The molecule has 2 heterocycles. The molecule has 2 atom stereocenters. The molecule has 1 amide bonds. The number of piperazine rings is 1. The van der Waals surface area contributed by atoms with Gasteiger partial charge in [-0.2, -0.15) is 12.6 Å². The summed E-state index contributed by atoms with van der Waals surface area (Å²) >= 11 is 4.59. The summed E-state index contributed by atoms with van der Waals surface area (Å²) in [6, 6.07) is 7.27. The van der Waals surface area contributed by atoms with Crippen LogP contribution in [0.3, 0.4) is 0 Å². The number of thiol groups is 1. The normalized spacial score (nSPS) is 21.9. The third kappa shape index (κ3) is 5.96. The fourth-order valence-corrected chi connectivity index (χ4v) is 4.49. The van der Waals surface area contributed by atoms with E-state index in [-0.39, 0.29) is 17.7 Å². The molecule has 1 aromatic rings. The molecule has 6 nitrogen and oxygen atoms in total. The Hall–Kier alpha value is -1.57. The Morgan fingerprint density at radius 3 is 2.41 bits per heavy atom. The maximum atomic E-state index is 12.8. The van der Waals surface area contributed by atoms with Gasteiger partial charge in [-0.25, -0.2) is 0 Å². The van der Waals surface area contributed by atoms with Crippen molar-refractivity contribution in [3.05, 3.63) is 29.8 Å². The molecule has 0 spiro atoms. The number of likely N-dealkylation sites (tertiary alicyclic amines) is 1. The van der Waals surface area contributed by atoms with E-state index >= 15 is 0 Å². The minimum Gasteiger partial charge on any atom is -0.494 e. The number of rotatable bonds is 8. The number of carbonyl (C=O) groups excluding carboxylic acids is 2. The lowest BCUT2D eigenvalue weighted by atomic mass is 10.0. The van der Waals surface area contributed by atoms with E-state index in [1.807, 2.05) is 36.1 Å². The number of hydrogen-bond acceptors (Lipinski definition) is 6. The Kier molecular flexibility index (Phi) is 7.98. The highest BCUT2D eigenvalue weighted by Gasteiger charge is 2.27. The minimum atomic E-state index is -0.189. The van der Waals surface area contributed by atoms with Gasteiger partial charge < -0.3 is 9.64 Å². The van der Waals surface area contributed by atoms with Crippen LogP contribution in [0.1, 0.15) is 43.5 Å². The van der Waals surface area contributed by atoms with Gasteiger partial charge in [0.1, 0.15) is 5.75 Å². The molecule has 0 aromatic heterocycles. The van der Waals surface area contributed by atoms with Crippen LogP contribution in [0.15, 0.2) is 24.3 Å². The lowest BCUT2D eigenvalue weighted by Gasteiger charge is -2.37. The first kappa shape index (κ1) is 22.1. The van der Waals surface area contributed by atoms with Crippen molar-refractivity contribution < 1.29 is 14.3 Å². The molecule has 2 saturated heterocycles. The molecule has 1 aromatic carbocycles. The van der Waals surface area contributed by atoms with Crippen LogP contribution < -0.4 is 4.74 Å². The SMILES string of the molecule is CC(=O)N1CCN(C(C)C(=O)c2ccc(OCCCN3CCCC3S)cc2)CC1. The quantitative estimate of drug-likeness (QED) is 0.399. The van der Waals surface area contributed by atoms with E-state index < -0.39 is 0 Å². The van der Waals surface area contributed by atoms with E-state index in [1.54, 1.807) is 6.92 Å². The number of ether oxygens (including phenoxy) is 1. The smallest absolute Gasteiger partial charge is 0.219 e. The molecule has 0 radical (unpaired) electrons. The summed E-state index contributed by atoms with van der Waals surface area (Å²) in [7, 11) is 0. The molecule has 0 aliphatic carbocycles. The predicted octanol–water partition coefficient (Wildman–Crippen LogP) is 2.54. The fraction of sp³-hybridized carbons (Fsp3) is 0.636. The first-order chi connectivity index (χ1) is 14.0. The summed E-state index contributed by atoms with van der Waals surface area (Å²) < 4.78 is 5.84. The third-order valence-corrected chi connectivity index (χ3v) is 6.60. The van der Waals surface area contributed by atoms with E-state index in [1.165, 1.54) is 12.8 Å². The fourth-order valence-electron chi connectivity index (χ4n) is 4.07. The second-order valence-electron chi connectivity index (χ2n) is 7.97. The molecule has 2 aliphatic heterocycles. The van der Waals surface area contributed by atoms with Gasteiger partial charge in [-0.1, -0.05) is 0 Å². The number of carbonyl (C=O) groups is 2. The molecule has 0 N–H and O–H groups in total. The number of benzene rings is 1. The van der Waals surface area contributed by atoms with Gasteiger partial charge in [-0.15, -0.1) is 0 Å². The zero-order valence-corrected chi connectivity index (χ0v) is 18.4. The van der Waals surface area contributed by atoms with Crippen LogP contribution in [0.4, 0.5) is 0 Å². The molecule has 7 heteroatoms.